The molecule has 0 bridgehead atoms. The van der Waals surface area contributed by atoms with E-state index in [-0.39, 0.29) is 13.1 Å². The van der Waals surface area contributed by atoms with Crippen molar-refractivity contribution < 1.29 is 22.7 Å². The Morgan fingerprint density at radius 2 is 1.96 bits per heavy atom. The van der Waals surface area contributed by atoms with Gasteiger partial charge in [-0.25, -0.2) is 12.8 Å². The zero-order chi connectivity index (χ0) is 17.5. The number of piperazine rings is 1. The molecule has 0 saturated carbocycles. The highest BCUT2D eigenvalue weighted by molar-refractivity contribution is 7.88. The summed E-state index contributed by atoms with van der Waals surface area (Å²) in [5, 5.41) is 10.3. The van der Waals surface area contributed by atoms with E-state index in [4.69, 9.17) is 0 Å². The molecule has 24 heavy (non-hydrogen) atoms. The number of sulfonamides is 1. The lowest BCUT2D eigenvalue weighted by Gasteiger charge is -2.36. The Balaban J connectivity index is 1.89. The largest absolute Gasteiger partial charge is 0.480 e. The van der Waals surface area contributed by atoms with Gasteiger partial charge < -0.3 is 10.1 Å². The van der Waals surface area contributed by atoms with Crippen molar-refractivity contribution in [1.29, 1.82) is 0 Å². The molecule has 1 fully saturated rings. The first-order valence-electron chi connectivity index (χ1n) is 7.46. The highest BCUT2D eigenvalue weighted by Gasteiger charge is 2.33. The van der Waals surface area contributed by atoms with E-state index < -0.39 is 27.9 Å². The summed E-state index contributed by atoms with van der Waals surface area (Å²) < 4.78 is 37.8. The van der Waals surface area contributed by atoms with E-state index in [1.165, 1.54) is 16.4 Å². The predicted molar refractivity (Wildman–Crippen MR) is 86.6 cm³/mol. The van der Waals surface area contributed by atoms with Crippen LogP contribution in [0, 0.1) is 5.82 Å². The van der Waals surface area contributed by atoms with Gasteiger partial charge in [-0.1, -0.05) is 0 Å². The van der Waals surface area contributed by atoms with Crippen LogP contribution in [0.4, 0.5) is 4.39 Å². The Labute approximate surface area is 138 Å². The molecule has 130 valence electrons. The summed E-state index contributed by atoms with van der Waals surface area (Å²) in [5.74, 6) is -1.42. The maximum absolute atomic E-state index is 13.3. The number of H-pyrrole nitrogens is 1. The van der Waals surface area contributed by atoms with Crippen molar-refractivity contribution in [2.75, 3.05) is 32.4 Å². The number of carboxylic acids is 1. The van der Waals surface area contributed by atoms with E-state index in [9.17, 15) is 22.7 Å². The first-order valence-corrected chi connectivity index (χ1v) is 9.31. The van der Waals surface area contributed by atoms with Gasteiger partial charge in [0.05, 0.1) is 6.26 Å². The van der Waals surface area contributed by atoms with E-state index in [2.05, 4.69) is 4.98 Å². The molecule has 1 aliphatic rings. The molecule has 1 aromatic heterocycles. The minimum Gasteiger partial charge on any atom is -0.480 e. The number of fused-ring (bicyclic) bond motifs is 1. The van der Waals surface area contributed by atoms with Gasteiger partial charge in [0.1, 0.15) is 11.9 Å². The molecule has 9 heteroatoms. The number of carboxylic acid groups (broad SMARTS) is 1. The molecule has 1 saturated heterocycles. The van der Waals surface area contributed by atoms with Gasteiger partial charge in [0.15, 0.2) is 0 Å². The number of rotatable bonds is 4. The number of hydrogen-bond donors (Lipinski definition) is 2. The topological polar surface area (TPSA) is 93.7 Å². The highest BCUT2D eigenvalue weighted by atomic mass is 32.2. The van der Waals surface area contributed by atoms with Crippen LogP contribution in [0.2, 0.25) is 0 Å². The second kappa shape index (κ2) is 6.15. The maximum atomic E-state index is 13.3. The first kappa shape index (κ1) is 16.9. The highest BCUT2D eigenvalue weighted by Crippen LogP contribution is 2.30. The first-order chi connectivity index (χ1) is 11.3. The summed E-state index contributed by atoms with van der Waals surface area (Å²) in [5.41, 5.74) is 1.08. The lowest BCUT2D eigenvalue weighted by molar-refractivity contribution is -0.144. The fourth-order valence-corrected chi connectivity index (χ4v) is 3.95. The third-order valence-electron chi connectivity index (χ3n) is 4.31. The van der Waals surface area contributed by atoms with Gasteiger partial charge in [0, 0.05) is 48.8 Å². The van der Waals surface area contributed by atoms with Gasteiger partial charge in [-0.2, -0.15) is 4.31 Å². The Bertz CT molecular complexity index is 872. The zero-order valence-electron chi connectivity index (χ0n) is 13.1. The van der Waals surface area contributed by atoms with Gasteiger partial charge in [-0.3, -0.25) is 9.69 Å². The number of hydrogen-bond acceptors (Lipinski definition) is 4. The number of nitrogens with zero attached hydrogens (tertiary/aromatic N) is 2. The van der Waals surface area contributed by atoms with Crippen molar-refractivity contribution in [1.82, 2.24) is 14.2 Å². The summed E-state index contributed by atoms with van der Waals surface area (Å²) in [4.78, 5) is 16.5. The summed E-state index contributed by atoms with van der Waals surface area (Å²) in [6.07, 6.45) is 2.72. The molecular weight excluding hydrogens is 337 g/mol. The zero-order valence-corrected chi connectivity index (χ0v) is 13.9. The molecule has 3 rings (SSSR count). The lowest BCUT2D eigenvalue weighted by Crippen LogP contribution is -2.50. The van der Waals surface area contributed by atoms with E-state index in [0.29, 0.717) is 29.6 Å². The monoisotopic (exact) mass is 355 g/mol. The Morgan fingerprint density at radius 3 is 2.54 bits per heavy atom. The molecule has 0 unspecified atom stereocenters. The third-order valence-corrected chi connectivity index (χ3v) is 5.61. The second-order valence-electron chi connectivity index (χ2n) is 5.87. The van der Waals surface area contributed by atoms with Crippen molar-refractivity contribution in [2.45, 2.75) is 6.04 Å². The van der Waals surface area contributed by atoms with Crippen LogP contribution in [0.5, 0.6) is 0 Å². The maximum Gasteiger partial charge on any atom is 0.325 e. The van der Waals surface area contributed by atoms with Crippen LogP contribution in [0.15, 0.2) is 24.4 Å². The van der Waals surface area contributed by atoms with Crippen molar-refractivity contribution in [2.24, 2.45) is 0 Å². The molecule has 2 heterocycles. The summed E-state index contributed by atoms with van der Waals surface area (Å²) in [6.45, 7) is 1.13. The van der Waals surface area contributed by atoms with Crippen molar-refractivity contribution in [3.8, 4) is 0 Å². The molecule has 0 spiro atoms. The van der Waals surface area contributed by atoms with Crippen LogP contribution in [0.3, 0.4) is 0 Å². The molecule has 7 nitrogen and oxygen atoms in total. The smallest absolute Gasteiger partial charge is 0.325 e. The van der Waals surface area contributed by atoms with Crippen LogP contribution < -0.4 is 0 Å². The van der Waals surface area contributed by atoms with Crippen molar-refractivity contribution in [3.05, 3.63) is 35.8 Å². The molecule has 0 amide bonds. The Kier molecular flexibility index (Phi) is 4.33. The number of carbonyl (C=O) groups is 1. The molecule has 0 radical (unpaired) electrons. The Morgan fingerprint density at radius 1 is 1.29 bits per heavy atom. The van der Waals surface area contributed by atoms with Gasteiger partial charge in [-0.15, -0.1) is 0 Å². The van der Waals surface area contributed by atoms with E-state index in [1.807, 2.05) is 0 Å². The molecular formula is C15H18FN3O4S. The van der Waals surface area contributed by atoms with Crippen LogP contribution in [-0.2, 0) is 14.8 Å². The molecule has 0 aliphatic carbocycles. The number of aliphatic carboxylic acids is 1. The molecule has 1 aliphatic heterocycles. The second-order valence-corrected chi connectivity index (χ2v) is 7.86. The normalized spacial score (nSPS) is 18.8. The molecule has 2 N–H and O–H groups in total. The van der Waals surface area contributed by atoms with Crippen LogP contribution in [0.1, 0.15) is 11.6 Å². The fourth-order valence-electron chi connectivity index (χ4n) is 3.13. The summed E-state index contributed by atoms with van der Waals surface area (Å²) >= 11 is 0. The average molecular weight is 355 g/mol. The quantitative estimate of drug-likeness (QED) is 0.854. The summed E-state index contributed by atoms with van der Waals surface area (Å²) in [6, 6.07) is 3.25. The number of nitrogens with one attached hydrogen (secondary N) is 1. The van der Waals surface area contributed by atoms with Crippen molar-refractivity contribution in [3.63, 3.8) is 0 Å². The minimum atomic E-state index is -3.28. The van der Waals surface area contributed by atoms with Crippen LogP contribution in [-0.4, -0.2) is 66.1 Å². The standard InChI is InChI=1S/C15H18FN3O4S/c1-24(22,23)19-6-4-18(5-7-19)14(15(20)21)12-9-17-13-8-10(16)2-3-11(12)13/h2-3,8-9,14,17H,4-7H2,1H3,(H,20,21)/t14-/m1/s1. The van der Waals surface area contributed by atoms with Gasteiger partial charge in [0.2, 0.25) is 10.0 Å². The van der Waals surface area contributed by atoms with Gasteiger partial charge >= 0.3 is 5.97 Å². The predicted octanol–water partition coefficient (Wildman–Crippen LogP) is 1.01. The van der Waals surface area contributed by atoms with Crippen LogP contribution in [0.25, 0.3) is 10.9 Å². The minimum absolute atomic E-state index is 0.250. The summed E-state index contributed by atoms with van der Waals surface area (Å²) in [7, 11) is -3.28. The molecule has 2 aromatic rings. The van der Waals surface area contributed by atoms with Crippen molar-refractivity contribution >= 4 is 26.9 Å². The lowest BCUT2D eigenvalue weighted by atomic mass is 10.0. The van der Waals surface area contributed by atoms with E-state index in [0.717, 1.165) is 6.26 Å². The number of benzene rings is 1. The molecule has 1 atom stereocenters. The number of halogens is 1. The van der Waals surface area contributed by atoms with Crippen LogP contribution >= 0.6 is 0 Å². The van der Waals surface area contributed by atoms with Gasteiger partial charge in [0.25, 0.3) is 0 Å². The van der Waals surface area contributed by atoms with Gasteiger partial charge in [-0.05, 0) is 18.2 Å². The number of aromatic nitrogens is 1. The number of aromatic amines is 1. The molecule has 1 aromatic carbocycles. The third kappa shape index (κ3) is 3.14. The fraction of sp³-hybridized carbons (Fsp3) is 0.400. The Hall–Kier alpha value is -1.97. The SMILES string of the molecule is CS(=O)(=O)N1CCN([C@@H](C(=O)O)c2c[nH]c3cc(F)ccc23)CC1. The average Bonchev–Trinajstić information content (AvgIpc) is 2.89. The van der Waals surface area contributed by atoms with E-state index in [1.54, 1.807) is 17.2 Å². The van der Waals surface area contributed by atoms with E-state index >= 15 is 0 Å².